The molecule has 1 atom stereocenters. The first-order chi connectivity index (χ1) is 10.1. The van der Waals surface area contributed by atoms with E-state index in [9.17, 15) is 19.7 Å². The third kappa shape index (κ3) is 3.50. The Balaban J connectivity index is 2.13. The molecule has 21 heavy (non-hydrogen) atoms. The Hall–Kier alpha value is -3.02. The highest BCUT2D eigenvalue weighted by atomic mass is 16.6. The number of nitro benzene ring substituents is 1. The van der Waals surface area contributed by atoms with E-state index >= 15 is 0 Å². The lowest BCUT2D eigenvalue weighted by molar-refractivity contribution is -0.384. The van der Waals surface area contributed by atoms with Gasteiger partial charge in [0.2, 0.25) is 0 Å². The largest absolute Gasteiger partial charge is 0.446 e. The Bertz CT molecular complexity index is 652. The van der Waals surface area contributed by atoms with E-state index in [2.05, 4.69) is 0 Å². The van der Waals surface area contributed by atoms with Crippen LogP contribution in [0.25, 0.3) is 0 Å². The summed E-state index contributed by atoms with van der Waals surface area (Å²) in [6, 6.07) is 13.6. The molecule has 0 aromatic heterocycles. The van der Waals surface area contributed by atoms with Gasteiger partial charge in [0.05, 0.1) is 10.5 Å². The third-order valence-electron chi connectivity index (χ3n) is 2.80. The van der Waals surface area contributed by atoms with Crippen LogP contribution in [0.2, 0.25) is 0 Å². The van der Waals surface area contributed by atoms with Crippen LogP contribution in [0.1, 0.15) is 22.0 Å². The average Bonchev–Trinajstić information content (AvgIpc) is 2.53. The maximum absolute atomic E-state index is 11.9. The van der Waals surface area contributed by atoms with E-state index in [1.165, 1.54) is 24.3 Å². The molecule has 6 heteroatoms. The lowest BCUT2D eigenvalue weighted by Crippen LogP contribution is -2.12. The number of nitrogens with zero attached hydrogens (tertiary/aromatic N) is 1. The minimum atomic E-state index is -1.01. The predicted molar refractivity (Wildman–Crippen MR) is 73.8 cm³/mol. The Labute approximate surface area is 120 Å². The fourth-order valence-corrected chi connectivity index (χ4v) is 1.72. The van der Waals surface area contributed by atoms with Gasteiger partial charge in [0.1, 0.15) is 0 Å². The molecule has 0 saturated heterocycles. The second-order valence-corrected chi connectivity index (χ2v) is 4.18. The fraction of sp³-hybridized carbons (Fsp3) is 0.0667. The van der Waals surface area contributed by atoms with Crippen molar-refractivity contribution in [1.29, 1.82) is 0 Å². The van der Waals surface area contributed by atoms with Crippen molar-refractivity contribution in [2.75, 3.05) is 0 Å². The van der Waals surface area contributed by atoms with Gasteiger partial charge in [-0.05, 0) is 17.7 Å². The standard InChI is InChI=1S/C15H11NO5/c17-10-14(11-4-2-1-3-5-11)21-15(18)12-6-8-13(9-7-12)16(19)20/h1-10,14H. The summed E-state index contributed by atoms with van der Waals surface area (Å²) < 4.78 is 5.10. The normalized spacial score (nSPS) is 11.4. The first kappa shape index (κ1) is 14.4. The van der Waals surface area contributed by atoms with E-state index in [1.807, 2.05) is 0 Å². The van der Waals surface area contributed by atoms with Gasteiger partial charge in [-0.15, -0.1) is 0 Å². The van der Waals surface area contributed by atoms with E-state index in [-0.39, 0.29) is 11.3 Å². The summed E-state index contributed by atoms with van der Waals surface area (Å²) in [7, 11) is 0. The molecule has 6 nitrogen and oxygen atoms in total. The van der Waals surface area contributed by atoms with E-state index in [0.717, 1.165) is 0 Å². The molecule has 1 unspecified atom stereocenters. The van der Waals surface area contributed by atoms with Crippen molar-refractivity contribution >= 4 is 17.9 Å². The van der Waals surface area contributed by atoms with Crippen LogP contribution in [0.3, 0.4) is 0 Å². The number of nitro groups is 1. The number of carbonyl (C=O) groups is 2. The van der Waals surface area contributed by atoms with Crippen molar-refractivity contribution in [3.8, 4) is 0 Å². The van der Waals surface area contributed by atoms with E-state index in [4.69, 9.17) is 4.74 Å². The van der Waals surface area contributed by atoms with Crippen molar-refractivity contribution in [3.05, 3.63) is 75.8 Å². The molecule has 0 aliphatic carbocycles. The van der Waals surface area contributed by atoms with Crippen LogP contribution >= 0.6 is 0 Å². The monoisotopic (exact) mass is 285 g/mol. The van der Waals surface area contributed by atoms with E-state index < -0.39 is 17.0 Å². The summed E-state index contributed by atoms with van der Waals surface area (Å²) in [6.45, 7) is 0. The van der Waals surface area contributed by atoms with Gasteiger partial charge in [-0.25, -0.2) is 4.79 Å². The summed E-state index contributed by atoms with van der Waals surface area (Å²) in [5, 5.41) is 10.5. The molecule has 0 saturated carbocycles. The van der Waals surface area contributed by atoms with Crippen LogP contribution in [-0.2, 0) is 9.53 Å². The molecule has 0 aliphatic heterocycles. The third-order valence-corrected chi connectivity index (χ3v) is 2.80. The van der Waals surface area contributed by atoms with E-state index in [1.54, 1.807) is 30.3 Å². The molecular weight excluding hydrogens is 274 g/mol. The number of hydrogen-bond donors (Lipinski definition) is 0. The number of aldehydes is 1. The van der Waals surface area contributed by atoms with Crippen LogP contribution in [0.15, 0.2) is 54.6 Å². The molecule has 0 N–H and O–H groups in total. The first-order valence-corrected chi connectivity index (χ1v) is 6.07. The summed E-state index contributed by atoms with van der Waals surface area (Å²) in [4.78, 5) is 32.9. The summed E-state index contributed by atoms with van der Waals surface area (Å²) >= 11 is 0. The van der Waals surface area contributed by atoms with Gasteiger partial charge in [0.25, 0.3) is 5.69 Å². The molecule has 0 spiro atoms. The Morgan fingerprint density at radius 2 is 1.71 bits per heavy atom. The van der Waals surface area contributed by atoms with Crippen LogP contribution < -0.4 is 0 Å². The van der Waals surface area contributed by atoms with Gasteiger partial charge < -0.3 is 4.74 Å². The second-order valence-electron chi connectivity index (χ2n) is 4.18. The highest BCUT2D eigenvalue weighted by Gasteiger charge is 2.17. The summed E-state index contributed by atoms with van der Waals surface area (Å²) in [5.41, 5.74) is 0.577. The van der Waals surface area contributed by atoms with Crippen LogP contribution in [0.5, 0.6) is 0 Å². The number of hydrogen-bond acceptors (Lipinski definition) is 5. The lowest BCUT2D eigenvalue weighted by atomic mass is 10.1. The second kappa shape index (κ2) is 6.42. The minimum absolute atomic E-state index is 0.124. The molecule has 0 heterocycles. The number of carbonyl (C=O) groups excluding carboxylic acids is 2. The topological polar surface area (TPSA) is 86.5 Å². The number of esters is 1. The highest BCUT2D eigenvalue weighted by molar-refractivity contribution is 5.90. The first-order valence-electron chi connectivity index (χ1n) is 6.07. The van der Waals surface area contributed by atoms with Gasteiger partial charge in [-0.3, -0.25) is 14.9 Å². The SMILES string of the molecule is O=CC(OC(=O)c1ccc([N+](=O)[O-])cc1)c1ccccc1. The average molecular weight is 285 g/mol. The smallest absolute Gasteiger partial charge is 0.339 e. The molecule has 0 radical (unpaired) electrons. The highest BCUT2D eigenvalue weighted by Crippen LogP contribution is 2.18. The van der Waals surface area contributed by atoms with Crippen LogP contribution in [0.4, 0.5) is 5.69 Å². The van der Waals surface area contributed by atoms with Crippen molar-refractivity contribution in [2.45, 2.75) is 6.10 Å². The van der Waals surface area contributed by atoms with Crippen LogP contribution in [-0.4, -0.2) is 17.2 Å². The Morgan fingerprint density at radius 3 is 2.24 bits per heavy atom. The quantitative estimate of drug-likeness (QED) is 0.365. The Morgan fingerprint density at radius 1 is 1.10 bits per heavy atom. The van der Waals surface area contributed by atoms with Crippen molar-refractivity contribution in [3.63, 3.8) is 0 Å². The molecule has 0 amide bonds. The van der Waals surface area contributed by atoms with Crippen LogP contribution in [0, 0.1) is 10.1 Å². The predicted octanol–water partition coefficient (Wildman–Crippen LogP) is 2.69. The van der Waals surface area contributed by atoms with Gasteiger partial charge >= 0.3 is 5.97 Å². The maximum Gasteiger partial charge on any atom is 0.339 e. The van der Waals surface area contributed by atoms with Gasteiger partial charge in [0.15, 0.2) is 12.4 Å². The van der Waals surface area contributed by atoms with Gasteiger partial charge in [-0.1, -0.05) is 30.3 Å². The number of non-ortho nitro benzene ring substituents is 1. The molecular formula is C15H11NO5. The van der Waals surface area contributed by atoms with Gasteiger partial charge in [-0.2, -0.15) is 0 Å². The van der Waals surface area contributed by atoms with Crippen molar-refractivity contribution in [1.82, 2.24) is 0 Å². The molecule has 0 fully saturated rings. The summed E-state index contributed by atoms with van der Waals surface area (Å²) in [5.74, 6) is -0.717. The number of benzene rings is 2. The number of ether oxygens (including phenoxy) is 1. The molecule has 0 aliphatic rings. The summed E-state index contributed by atoms with van der Waals surface area (Å²) in [6.07, 6.45) is -0.479. The minimum Gasteiger partial charge on any atom is -0.446 e. The molecule has 2 aromatic carbocycles. The van der Waals surface area contributed by atoms with Crippen molar-refractivity contribution < 1.29 is 19.2 Å². The Kier molecular flexibility index (Phi) is 4.40. The molecule has 0 bridgehead atoms. The van der Waals surface area contributed by atoms with Gasteiger partial charge in [0, 0.05) is 12.1 Å². The van der Waals surface area contributed by atoms with Crippen molar-refractivity contribution in [2.24, 2.45) is 0 Å². The maximum atomic E-state index is 11.9. The van der Waals surface area contributed by atoms with E-state index in [0.29, 0.717) is 11.8 Å². The number of rotatable bonds is 5. The molecule has 106 valence electrons. The zero-order chi connectivity index (χ0) is 15.2. The zero-order valence-electron chi connectivity index (χ0n) is 10.8. The molecule has 2 rings (SSSR count). The molecule has 2 aromatic rings. The lowest BCUT2D eigenvalue weighted by Gasteiger charge is -2.12. The fourth-order valence-electron chi connectivity index (χ4n) is 1.72. The zero-order valence-corrected chi connectivity index (χ0v) is 10.8.